The molecule has 2 aromatic rings. The van der Waals surface area contributed by atoms with Crippen LogP contribution in [-0.4, -0.2) is 24.1 Å². The molecule has 0 spiro atoms. The quantitative estimate of drug-likeness (QED) is 0.790. The summed E-state index contributed by atoms with van der Waals surface area (Å²) in [6.07, 6.45) is -2.66. The van der Waals surface area contributed by atoms with E-state index in [4.69, 9.17) is 11.6 Å². The molecule has 1 aliphatic heterocycles. The molecule has 1 heterocycles. The highest BCUT2D eigenvalue weighted by Gasteiger charge is 2.32. The van der Waals surface area contributed by atoms with Crippen molar-refractivity contribution in [2.24, 2.45) is 0 Å². The van der Waals surface area contributed by atoms with Gasteiger partial charge in [-0.1, -0.05) is 11.6 Å². The van der Waals surface area contributed by atoms with Crippen LogP contribution in [0.5, 0.6) is 5.75 Å². The van der Waals surface area contributed by atoms with Crippen LogP contribution < -0.4 is 10.2 Å². The molecular formula is C18H16ClF3N2O2. The second-order valence-corrected chi connectivity index (χ2v) is 6.48. The molecule has 0 aromatic heterocycles. The Morgan fingerprint density at radius 2 is 1.81 bits per heavy atom. The molecule has 1 amide bonds. The van der Waals surface area contributed by atoms with E-state index in [9.17, 15) is 23.1 Å². The fourth-order valence-electron chi connectivity index (χ4n) is 2.93. The first kappa shape index (κ1) is 18.4. The molecule has 1 fully saturated rings. The molecule has 3 rings (SSSR count). The molecule has 0 saturated carbocycles. The van der Waals surface area contributed by atoms with E-state index in [1.165, 1.54) is 24.3 Å². The number of phenols is 1. The molecule has 0 bridgehead atoms. The molecule has 0 radical (unpaired) electrons. The zero-order chi connectivity index (χ0) is 18.9. The second-order valence-electron chi connectivity index (χ2n) is 6.04. The number of nitrogens with zero attached hydrogens (tertiary/aromatic N) is 1. The number of phenolic OH excluding ortho intramolecular Hbond substituents is 1. The molecule has 8 heteroatoms. The van der Waals surface area contributed by atoms with Crippen LogP contribution in [0.15, 0.2) is 36.4 Å². The molecule has 1 saturated heterocycles. The van der Waals surface area contributed by atoms with Crippen molar-refractivity contribution < 1.29 is 23.1 Å². The predicted molar refractivity (Wildman–Crippen MR) is 94.0 cm³/mol. The van der Waals surface area contributed by atoms with Crippen molar-refractivity contribution in [2.75, 3.05) is 23.3 Å². The van der Waals surface area contributed by atoms with Crippen LogP contribution in [-0.2, 0) is 6.18 Å². The standard InChI is InChI=1S/C18H16ClF3N2O2/c19-12-4-6-16(25)13(10-12)17(26)23-14-9-11(18(20,21)22)3-5-15(14)24-7-1-2-8-24/h3-6,9-10,25H,1-2,7-8H2,(H,23,26). The van der Waals surface area contributed by atoms with Gasteiger partial charge in [0.15, 0.2) is 0 Å². The van der Waals surface area contributed by atoms with E-state index < -0.39 is 17.6 Å². The van der Waals surface area contributed by atoms with Crippen molar-refractivity contribution in [2.45, 2.75) is 19.0 Å². The van der Waals surface area contributed by atoms with Gasteiger partial charge in [-0.15, -0.1) is 0 Å². The van der Waals surface area contributed by atoms with Gasteiger partial charge in [0.25, 0.3) is 5.91 Å². The largest absolute Gasteiger partial charge is 0.507 e. The van der Waals surface area contributed by atoms with Gasteiger partial charge in [0, 0.05) is 18.1 Å². The summed E-state index contributed by atoms with van der Waals surface area (Å²) in [5.41, 5.74) is -0.398. The zero-order valence-corrected chi connectivity index (χ0v) is 14.4. The monoisotopic (exact) mass is 384 g/mol. The van der Waals surface area contributed by atoms with Crippen LogP contribution in [0.4, 0.5) is 24.5 Å². The van der Waals surface area contributed by atoms with Gasteiger partial charge in [0.2, 0.25) is 0 Å². The molecule has 0 unspecified atom stereocenters. The highest BCUT2D eigenvalue weighted by molar-refractivity contribution is 6.31. The molecule has 4 nitrogen and oxygen atoms in total. The molecule has 26 heavy (non-hydrogen) atoms. The maximum Gasteiger partial charge on any atom is 0.416 e. The number of carbonyl (C=O) groups excluding carboxylic acids is 1. The van der Waals surface area contributed by atoms with Crippen molar-refractivity contribution in [3.05, 3.63) is 52.5 Å². The third kappa shape index (κ3) is 3.88. The zero-order valence-electron chi connectivity index (χ0n) is 13.6. The Morgan fingerprint density at radius 1 is 1.12 bits per heavy atom. The first-order valence-electron chi connectivity index (χ1n) is 8.02. The highest BCUT2D eigenvalue weighted by Crippen LogP contribution is 2.37. The summed E-state index contributed by atoms with van der Waals surface area (Å²) in [4.78, 5) is 14.4. The van der Waals surface area contributed by atoms with Crippen molar-refractivity contribution in [3.63, 3.8) is 0 Å². The number of nitrogens with one attached hydrogen (secondary N) is 1. The van der Waals surface area contributed by atoms with E-state index in [2.05, 4.69) is 5.32 Å². The van der Waals surface area contributed by atoms with Crippen molar-refractivity contribution in [1.82, 2.24) is 0 Å². The molecule has 1 aliphatic rings. The highest BCUT2D eigenvalue weighted by atomic mass is 35.5. The Balaban J connectivity index is 1.98. The maximum absolute atomic E-state index is 13.1. The van der Waals surface area contributed by atoms with Crippen molar-refractivity contribution in [1.29, 1.82) is 0 Å². The average molecular weight is 385 g/mol. The number of amides is 1. The number of rotatable bonds is 3. The Morgan fingerprint density at radius 3 is 2.46 bits per heavy atom. The molecule has 0 atom stereocenters. The summed E-state index contributed by atoms with van der Waals surface area (Å²) >= 11 is 5.84. The van der Waals surface area contributed by atoms with E-state index in [0.29, 0.717) is 18.8 Å². The third-order valence-electron chi connectivity index (χ3n) is 4.22. The van der Waals surface area contributed by atoms with Crippen LogP contribution >= 0.6 is 11.6 Å². The molecule has 2 N–H and O–H groups in total. The van der Waals surface area contributed by atoms with Gasteiger partial charge in [-0.05, 0) is 49.2 Å². The number of aromatic hydroxyl groups is 1. The minimum atomic E-state index is -4.53. The van der Waals surface area contributed by atoms with Crippen molar-refractivity contribution >= 4 is 28.9 Å². The van der Waals surface area contributed by atoms with Gasteiger partial charge in [-0.2, -0.15) is 13.2 Å². The summed E-state index contributed by atoms with van der Waals surface area (Å²) in [7, 11) is 0. The SMILES string of the molecule is O=C(Nc1cc(C(F)(F)F)ccc1N1CCCC1)c1cc(Cl)ccc1O. The molecular weight excluding hydrogens is 369 g/mol. The Hall–Kier alpha value is -2.41. The summed E-state index contributed by atoms with van der Waals surface area (Å²) in [6, 6.07) is 7.20. The Kier molecular flexibility index (Phi) is 5.00. The minimum Gasteiger partial charge on any atom is -0.507 e. The van der Waals surface area contributed by atoms with E-state index >= 15 is 0 Å². The number of halogens is 4. The first-order chi connectivity index (χ1) is 12.3. The Bertz CT molecular complexity index is 834. The van der Waals surface area contributed by atoms with Crippen LogP contribution in [0.25, 0.3) is 0 Å². The lowest BCUT2D eigenvalue weighted by molar-refractivity contribution is -0.137. The number of benzene rings is 2. The van der Waals surface area contributed by atoms with E-state index in [0.717, 1.165) is 25.0 Å². The van der Waals surface area contributed by atoms with Gasteiger partial charge in [0.05, 0.1) is 22.5 Å². The van der Waals surface area contributed by atoms with E-state index in [1.807, 2.05) is 4.90 Å². The van der Waals surface area contributed by atoms with Crippen LogP contribution in [0, 0.1) is 0 Å². The van der Waals surface area contributed by atoms with Gasteiger partial charge < -0.3 is 15.3 Å². The normalized spacial score (nSPS) is 14.5. The van der Waals surface area contributed by atoms with Gasteiger partial charge in [-0.25, -0.2) is 0 Å². The number of carbonyl (C=O) groups is 1. The lowest BCUT2D eigenvalue weighted by Crippen LogP contribution is -2.22. The van der Waals surface area contributed by atoms with Crippen LogP contribution in [0.2, 0.25) is 5.02 Å². The summed E-state index contributed by atoms with van der Waals surface area (Å²) < 4.78 is 39.2. The molecule has 0 aliphatic carbocycles. The number of hydrogen-bond acceptors (Lipinski definition) is 3. The topological polar surface area (TPSA) is 52.6 Å². The Labute approximate surface area is 153 Å². The number of anilines is 2. The smallest absolute Gasteiger partial charge is 0.416 e. The first-order valence-corrected chi connectivity index (χ1v) is 8.39. The fraction of sp³-hybridized carbons (Fsp3) is 0.278. The average Bonchev–Trinajstić information content (AvgIpc) is 3.10. The minimum absolute atomic E-state index is 0.0473. The second kappa shape index (κ2) is 7.07. The lowest BCUT2D eigenvalue weighted by atomic mass is 10.1. The van der Waals surface area contributed by atoms with Gasteiger partial charge in [0.1, 0.15) is 5.75 Å². The summed E-state index contributed by atoms with van der Waals surface area (Å²) in [5.74, 6) is -1.04. The molecule has 138 valence electrons. The summed E-state index contributed by atoms with van der Waals surface area (Å²) in [5, 5.41) is 12.6. The predicted octanol–water partition coefficient (Wildman–Crippen LogP) is 4.92. The summed E-state index contributed by atoms with van der Waals surface area (Å²) in [6.45, 7) is 1.41. The fourth-order valence-corrected chi connectivity index (χ4v) is 3.10. The van der Waals surface area contributed by atoms with Crippen LogP contribution in [0.1, 0.15) is 28.8 Å². The van der Waals surface area contributed by atoms with Gasteiger partial charge >= 0.3 is 6.18 Å². The van der Waals surface area contributed by atoms with Crippen molar-refractivity contribution in [3.8, 4) is 5.75 Å². The third-order valence-corrected chi connectivity index (χ3v) is 4.46. The van der Waals surface area contributed by atoms with E-state index in [1.54, 1.807) is 0 Å². The van der Waals surface area contributed by atoms with Gasteiger partial charge in [-0.3, -0.25) is 4.79 Å². The maximum atomic E-state index is 13.1. The van der Waals surface area contributed by atoms with E-state index in [-0.39, 0.29) is 22.0 Å². The number of hydrogen-bond donors (Lipinski definition) is 2. The van der Waals surface area contributed by atoms with Crippen LogP contribution in [0.3, 0.4) is 0 Å². The molecule has 2 aromatic carbocycles. The number of alkyl halides is 3. The lowest BCUT2D eigenvalue weighted by Gasteiger charge is -2.23.